The van der Waals surface area contributed by atoms with Crippen molar-refractivity contribution < 1.29 is 22.8 Å². The van der Waals surface area contributed by atoms with Crippen LogP contribution < -0.4 is 4.74 Å². The smallest absolute Gasteiger partial charge is 0.294 e. The molecule has 2 N–H and O–H groups in total. The minimum atomic E-state index is -4.22. The van der Waals surface area contributed by atoms with Crippen LogP contribution in [0.15, 0.2) is 47.4 Å². The maximum Gasteiger partial charge on any atom is 0.294 e. The second-order valence-electron chi connectivity index (χ2n) is 8.13. The number of benzene rings is 2. The Morgan fingerprint density at radius 3 is 1.87 bits per heavy atom. The first kappa shape index (κ1) is 25.2. The Morgan fingerprint density at radius 1 is 0.774 bits per heavy atom. The molecule has 2 rings (SSSR count). The second-order valence-corrected chi connectivity index (χ2v) is 9.55. The second kappa shape index (κ2) is 13.4. The number of ether oxygens (including phenoxy) is 1. The quantitative estimate of drug-likeness (QED) is 0.221. The van der Waals surface area contributed by atoms with Crippen molar-refractivity contribution in [2.75, 3.05) is 0 Å². The van der Waals surface area contributed by atoms with Crippen LogP contribution in [0.25, 0.3) is 0 Å². The number of rotatable bonds is 15. The van der Waals surface area contributed by atoms with Crippen LogP contribution in [0.4, 0.5) is 0 Å². The van der Waals surface area contributed by atoms with Crippen LogP contribution in [-0.2, 0) is 16.5 Å². The lowest BCUT2D eigenvalue weighted by atomic mass is 10.0. The number of hydrogen-bond acceptors (Lipinski definition) is 4. The van der Waals surface area contributed by atoms with E-state index in [-0.39, 0.29) is 10.6 Å². The third-order valence-electron chi connectivity index (χ3n) is 5.44. The summed E-state index contributed by atoms with van der Waals surface area (Å²) in [6.07, 6.45) is 14.9. The van der Waals surface area contributed by atoms with Crippen molar-refractivity contribution in [3.63, 3.8) is 0 Å². The molecule has 0 saturated heterocycles. The van der Waals surface area contributed by atoms with Gasteiger partial charge in [0, 0.05) is 0 Å². The van der Waals surface area contributed by atoms with Gasteiger partial charge >= 0.3 is 0 Å². The molecule has 172 valence electrons. The summed E-state index contributed by atoms with van der Waals surface area (Å²) >= 11 is 0. The Kier molecular flexibility index (Phi) is 10.9. The monoisotopic (exact) mass is 448 g/mol. The van der Waals surface area contributed by atoms with E-state index in [9.17, 15) is 13.5 Å². The highest BCUT2D eigenvalue weighted by Crippen LogP contribution is 2.30. The highest BCUT2D eigenvalue weighted by molar-refractivity contribution is 7.85. The molecule has 5 nitrogen and oxygen atoms in total. The number of phenolic OH excluding ortho intramolecular Hbond substituents is 1. The molecule has 0 heterocycles. The van der Waals surface area contributed by atoms with Gasteiger partial charge in [0.2, 0.25) is 0 Å². The molecule has 0 aliphatic rings. The first-order chi connectivity index (χ1) is 14.9. The van der Waals surface area contributed by atoms with Crippen LogP contribution in [-0.4, -0.2) is 18.1 Å². The third kappa shape index (κ3) is 9.74. The predicted octanol–water partition coefficient (Wildman–Crippen LogP) is 7.28. The molecule has 0 radical (unpaired) electrons. The molecule has 0 aromatic heterocycles. The summed E-state index contributed by atoms with van der Waals surface area (Å²) in [5, 5.41) is 9.86. The van der Waals surface area contributed by atoms with Gasteiger partial charge in [0.25, 0.3) is 10.1 Å². The molecule has 0 amide bonds. The van der Waals surface area contributed by atoms with Crippen molar-refractivity contribution in [2.45, 2.75) is 88.9 Å². The predicted molar refractivity (Wildman–Crippen MR) is 125 cm³/mol. The van der Waals surface area contributed by atoms with Gasteiger partial charge in [-0.25, -0.2) is 0 Å². The van der Waals surface area contributed by atoms with Crippen LogP contribution in [0.1, 0.15) is 83.1 Å². The lowest BCUT2D eigenvalue weighted by molar-refractivity contribution is 0.457. The molecule has 6 heteroatoms. The summed E-state index contributed by atoms with van der Waals surface area (Å²) in [4.78, 5) is -0.174. The third-order valence-corrected chi connectivity index (χ3v) is 6.31. The van der Waals surface area contributed by atoms with Crippen LogP contribution in [0.3, 0.4) is 0 Å². The van der Waals surface area contributed by atoms with Crippen LogP contribution >= 0.6 is 0 Å². The van der Waals surface area contributed by atoms with E-state index < -0.39 is 10.1 Å². The van der Waals surface area contributed by atoms with E-state index >= 15 is 0 Å². The van der Waals surface area contributed by atoms with Crippen molar-refractivity contribution in [3.05, 3.63) is 48.0 Å². The van der Waals surface area contributed by atoms with E-state index in [1.54, 1.807) is 18.2 Å². The lowest BCUT2D eigenvalue weighted by Gasteiger charge is -2.12. The fourth-order valence-electron chi connectivity index (χ4n) is 3.65. The van der Waals surface area contributed by atoms with Crippen molar-refractivity contribution in [1.29, 1.82) is 0 Å². The minimum Gasteiger partial charge on any atom is -0.508 e. The normalized spacial score (nSPS) is 11.5. The van der Waals surface area contributed by atoms with Gasteiger partial charge in [0.05, 0.1) is 4.90 Å². The summed E-state index contributed by atoms with van der Waals surface area (Å²) in [7, 11) is -4.22. The van der Waals surface area contributed by atoms with E-state index in [0.29, 0.717) is 11.5 Å². The molecule has 0 fully saturated rings. The van der Waals surface area contributed by atoms with Gasteiger partial charge in [-0.3, -0.25) is 4.55 Å². The molecule has 0 aliphatic heterocycles. The van der Waals surface area contributed by atoms with E-state index in [0.717, 1.165) is 24.8 Å². The topological polar surface area (TPSA) is 83.8 Å². The van der Waals surface area contributed by atoms with Gasteiger partial charge in [0.1, 0.15) is 17.2 Å². The van der Waals surface area contributed by atoms with Crippen LogP contribution in [0, 0.1) is 0 Å². The molecule has 0 bridgehead atoms. The number of phenols is 1. The van der Waals surface area contributed by atoms with Gasteiger partial charge in [-0.1, -0.05) is 71.1 Å². The number of aryl methyl sites for hydroxylation is 1. The Bertz CT molecular complexity index is 875. The summed E-state index contributed by atoms with van der Waals surface area (Å²) in [6, 6.07) is 10.6. The molecule has 0 spiro atoms. The highest BCUT2D eigenvalue weighted by atomic mass is 32.2. The molecule has 0 atom stereocenters. The molecule has 0 aliphatic carbocycles. The van der Waals surface area contributed by atoms with E-state index in [1.807, 2.05) is 0 Å². The van der Waals surface area contributed by atoms with Crippen LogP contribution in [0.2, 0.25) is 0 Å². The molecular formula is C25H36O5S. The van der Waals surface area contributed by atoms with E-state index in [2.05, 4.69) is 6.92 Å². The number of unbranched alkanes of at least 4 members (excludes halogenated alkanes) is 10. The van der Waals surface area contributed by atoms with Crippen molar-refractivity contribution in [1.82, 2.24) is 0 Å². The molecule has 0 unspecified atom stereocenters. The van der Waals surface area contributed by atoms with Gasteiger partial charge in [-0.15, -0.1) is 0 Å². The van der Waals surface area contributed by atoms with Gasteiger partial charge in [-0.2, -0.15) is 8.42 Å². The molecular weight excluding hydrogens is 412 g/mol. The van der Waals surface area contributed by atoms with Crippen molar-refractivity contribution in [3.8, 4) is 17.2 Å². The van der Waals surface area contributed by atoms with Gasteiger partial charge in [0.15, 0.2) is 0 Å². The zero-order valence-electron chi connectivity index (χ0n) is 18.6. The average molecular weight is 449 g/mol. The zero-order chi connectivity index (χ0) is 22.5. The Morgan fingerprint density at radius 2 is 1.32 bits per heavy atom. The first-order valence-electron chi connectivity index (χ1n) is 11.5. The summed E-state index contributed by atoms with van der Waals surface area (Å²) in [5.41, 5.74) is 0.926. The zero-order valence-corrected chi connectivity index (χ0v) is 19.4. The highest BCUT2D eigenvalue weighted by Gasteiger charge is 2.11. The Balaban J connectivity index is 1.76. The largest absolute Gasteiger partial charge is 0.508 e. The number of aromatic hydroxyl groups is 1. The van der Waals surface area contributed by atoms with Crippen molar-refractivity contribution in [2.24, 2.45) is 0 Å². The first-order valence-corrected chi connectivity index (χ1v) is 12.9. The van der Waals surface area contributed by atoms with Gasteiger partial charge in [-0.05, 0) is 60.9 Å². The molecule has 31 heavy (non-hydrogen) atoms. The van der Waals surface area contributed by atoms with E-state index in [1.165, 1.54) is 82.1 Å². The summed E-state index contributed by atoms with van der Waals surface area (Å²) in [6.45, 7) is 2.25. The Labute approximate surface area is 187 Å². The fraction of sp³-hybridized carbons (Fsp3) is 0.520. The van der Waals surface area contributed by atoms with Crippen LogP contribution in [0.5, 0.6) is 17.2 Å². The maximum atomic E-state index is 11.2. The summed E-state index contributed by atoms with van der Waals surface area (Å²) in [5.74, 6) is 1.31. The molecule has 0 saturated carbocycles. The molecule has 2 aromatic rings. The fourth-order valence-corrected chi connectivity index (χ4v) is 4.13. The Hall–Kier alpha value is -2.05. The minimum absolute atomic E-state index is 0.174. The standard InChI is InChI=1S/C25H36O5S/c1-2-3-4-5-6-7-8-9-10-11-12-13-21-20-22(26)14-19-25(21)30-23-15-17-24(18-16-23)31(27,28)29/h14-20,26H,2-13H2,1H3,(H,27,28,29). The van der Waals surface area contributed by atoms with E-state index in [4.69, 9.17) is 9.29 Å². The van der Waals surface area contributed by atoms with Crippen molar-refractivity contribution >= 4 is 10.1 Å². The molecule has 2 aromatic carbocycles. The van der Waals surface area contributed by atoms with Gasteiger partial charge < -0.3 is 9.84 Å². The summed E-state index contributed by atoms with van der Waals surface area (Å²) < 4.78 is 37.3. The lowest BCUT2D eigenvalue weighted by Crippen LogP contribution is -1.98. The maximum absolute atomic E-state index is 11.2. The number of hydrogen-bond donors (Lipinski definition) is 2. The SMILES string of the molecule is CCCCCCCCCCCCCc1cc(O)ccc1Oc1ccc(S(=O)(=O)O)cc1. The average Bonchev–Trinajstić information content (AvgIpc) is 2.73.